The molecule has 2 nitrogen and oxygen atoms in total. The average Bonchev–Trinajstić information content (AvgIpc) is 2.82. The molecule has 1 aliphatic rings. The van der Waals surface area contributed by atoms with Crippen LogP contribution in [0, 0.1) is 6.42 Å². The zero-order chi connectivity index (χ0) is 11.8. The zero-order valence-corrected chi connectivity index (χ0v) is 10.1. The standard InChI is InChI=1S/C15H17N2/c1-2-14(16)17-10-9-12-8-7-11-5-3-4-6-13(11)15(12)17/h2-8,14H,9-10,16H2,1H3/t14-/m1/s1. The van der Waals surface area contributed by atoms with Crippen LogP contribution in [-0.2, 0) is 6.42 Å². The molecule has 2 aromatic rings. The van der Waals surface area contributed by atoms with E-state index in [1.54, 1.807) is 0 Å². The largest absolute Gasteiger partial charge is 0.355 e. The topological polar surface area (TPSA) is 29.3 Å². The summed E-state index contributed by atoms with van der Waals surface area (Å²) in [4.78, 5) is 2.30. The minimum Gasteiger partial charge on any atom is -0.355 e. The van der Waals surface area contributed by atoms with E-state index in [0.717, 1.165) is 13.0 Å². The van der Waals surface area contributed by atoms with E-state index in [4.69, 9.17) is 5.73 Å². The Morgan fingerprint density at radius 2 is 2.06 bits per heavy atom. The number of fused-ring (bicyclic) bond motifs is 3. The van der Waals surface area contributed by atoms with Crippen LogP contribution in [0.15, 0.2) is 36.4 Å². The summed E-state index contributed by atoms with van der Waals surface area (Å²) in [6.07, 6.45) is 3.17. The summed E-state index contributed by atoms with van der Waals surface area (Å²) in [5.74, 6) is 0. The lowest BCUT2D eigenvalue weighted by molar-refractivity contribution is 0.701. The second kappa shape index (κ2) is 4.04. The quantitative estimate of drug-likeness (QED) is 0.851. The maximum atomic E-state index is 6.15. The first-order valence-electron chi connectivity index (χ1n) is 6.13. The van der Waals surface area contributed by atoms with Gasteiger partial charge in [0.1, 0.15) is 0 Å². The number of hydrogen-bond acceptors (Lipinski definition) is 2. The lowest BCUT2D eigenvalue weighted by atomic mass is 10.0. The third-order valence-corrected chi connectivity index (χ3v) is 3.59. The van der Waals surface area contributed by atoms with Gasteiger partial charge in [-0.3, -0.25) is 0 Å². The van der Waals surface area contributed by atoms with Crippen molar-refractivity contribution >= 4 is 16.5 Å². The van der Waals surface area contributed by atoms with Gasteiger partial charge in [0.05, 0.1) is 6.17 Å². The van der Waals surface area contributed by atoms with Crippen LogP contribution < -0.4 is 10.6 Å². The van der Waals surface area contributed by atoms with Gasteiger partial charge in [-0.25, -0.2) is 0 Å². The van der Waals surface area contributed by atoms with Crippen molar-refractivity contribution in [3.8, 4) is 0 Å². The Morgan fingerprint density at radius 3 is 2.88 bits per heavy atom. The van der Waals surface area contributed by atoms with E-state index in [9.17, 15) is 0 Å². The molecule has 2 heteroatoms. The normalized spacial score (nSPS) is 16.2. The molecule has 0 spiro atoms. The Kier molecular flexibility index (Phi) is 2.52. The van der Waals surface area contributed by atoms with Crippen LogP contribution in [-0.4, -0.2) is 12.7 Å². The molecule has 1 atom stereocenters. The van der Waals surface area contributed by atoms with E-state index in [-0.39, 0.29) is 6.17 Å². The molecular formula is C15H17N2. The molecule has 2 aromatic carbocycles. The predicted octanol–water partition coefficient (Wildman–Crippen LogP) is 2.71. The van der Waals surface area contributed by atoms with Gasteiger partial charge in [0, 0.05) is 17.6 Å². The fraction of sp³-hybridized carbons (Fsp3) is 0.267. The monoisotopic (exact) mass is 225 g/mol. The van der Waals surface area contributed by atoms with Gasteiger partial charge in [-0.2, -0.15) is 0 Å². The van der Waals surface area contributed by atoms with Crippen LogP contribution >= 0.6 is 0 Å². The smallest absolute Gasteiger partial charge is 0.0800 e. The molecule has 87 valence electrons. The van der Waals surface area contributed by atoms with Crippen molar-refractivity contribution in [2.24, 2.45) is 5.73 Å². The number of nitrogens with zero attached hydrogens (tertiary/aromatic N) is 1. The Balaban J connectivity index is 2.20. The highest BCUT2D eigenvalue weighted by Crippen LogP contribution is 2.36. The summed E-state index contributed by atoms with van der Waals surface area (Å²) < 4.78 is 0. The SMILES string of the molecule is C[CH][C@H](N)N1CCc2ccc3ccccc3c21. The second-order valence-corrected chi connectivity index (χ2v) is 4.56. The Bertz CT molecular complexity index is 548. The minimum absolute atomic E-state index is 0.0158. The van der Waals surface area contributed by atoms with E-state index in [1.165, 1.54) is 22.0 Å². The fourth-order valence-electron chi connectivity index (χ4n) is 2.67. The molecule has 0 amide bonds. The van der Waals surface area contributed by atoms with Crippen molar-refractivity contribution in [2.45, 2.75) is 19.5 Å². The van der Waals surface area contributed by atoms with Crippen molar-refractivity contribution in [3.05, 3.63) is 48.4 Å². The third kappa shape index (κ3) is 1.60. The summed E-state index contributed by atoms with van der Waals surface area (Å²) in [6.45, 7) is 3.04. The van der Waals surface area contributed by atoms with Gasteiger partial charge in [0.25, 0.3) is 0 Å². The summed E-state index contributed by atoms with van der Waals surface area (Å²) in [6, 6.07) is 13.0. The minimum atomic E-state index is 0.0158. The molecule has 0 aromatic heterocycles. The summed E-state index contributed by atoms with van der Waals surface area (Å²) >= 11 is 0. The van der Waals surface area contributed by atoms with E-state index < -0.39 is 0 Å². The molecule has 0 fully saturated rings. The van der Waals surface area contributed by atoms with Crippen molar-refractivity contribution in [2.75, 3.05) is 11.4 Å². The van der Waals surface area contributed by atoms with Crippen molar-refractivity contribution in [1.29, 1.82) is 0 Å². The van der Waals surface area contributed by atoms with E-state index in [0.29, 0.717) is 0 Å². The van der Waals surface area contributed by atoms with E-state index in [2.05, 4.69) is 47.7 Å². The summed E-state index contributed by atoms with van der Waals surface area (Å²) in [7, 11) is 0. The van der Waals surface area contributed by atoms with E-state index in [1.807, 2.05) is 6.92 Å². The second-order valence-electron chi connectivity index (χ2n) is 4.56. The van der Waals surface area contributed by atoms with Gasteiger partial charge >= 0.3 is 0 Å². The zero-order valence-electron chi connectivity index (χ0n) is 10.1. The highest BCUT2D eigenvalue weighted by molar-refractivity contribution is 5.97. The van der Waals surface area contributed by atoms with Gasteiger partial charge in [0.15, 0.2) is 0 Å². The van der Waals surface area contributed by atoms with Crippen molar-refractivity contribution < 1.29 is 0 Å². The lowest BCUT2D eigenvalue weighted by Crippen LogP contribution is -2.40. The highest BCUT2D eigenvalue weighted by atomic mass is 15.2. The molecular weight excluding hydrogens is 208 g/mol. The molecule has 17 heavy (non-hydrogen) atoms. The van der Waals surface area contributed by atoms with Crippen LogP contribution in [0.5, 0.6) is 0 Å². The van der Waals surface area contributed by atoms with Crippen molar-refractivity contribution in [1.82, 2.24) is 0 Å². The molecule has 0 bridgehead atoms. The summed E-state index contributed by atoms with van der Waals surface area (Å²) in [5, 5.41) is 2.61. The molecule has 0 unspecified atom stereocenters. The third-order valence-electron chi connectivity index (χ3n) is 3.59. The maximum absolute atomic E-state index is 6.15. The van der Waals surface area contributed by atoms with Crippen LogP contribution in [0.1, 0.15) is 12.5 Å². The number of hydrogen-bond donors (Lipinski definition) is 1. The Morgan fingerprint density at radius 1 is 1.24 bits per heavy atom. The van der Waals surface area contributed by atoms with Gasteiger partial charge in [0.2, 0.25) is 0 Å². The first-order chi connectivity index (χ1) is 8.31. The molecule has 0 saturated heterocycles. The number of nitrogens with two attached hydrogens (primary N) is 1. The van der Waals surface area contributed by atoms with Gasteiger partial charge in [-0.1, -0.05) is 43.3 Å². The highest BCUT2D eigenvalue weighted by Gasteiger charge is 2.24. The first kappa shape index (κ1) is 10.6. The molecule has 0 aliphatic carbocycles. The molecule has 1 radical (unpaired) electrons. The first-order valence-corrected chi connectivity index (χ1v) is 6.13. The number of anilines is 1. The summed E-state index contributed by atoms with van der Waals surface area (Å²) in [5.41, 5.74) is 8.90. The van der Waals surface area contributed by atoms with Gasteiger partial charge < -0.3 is 10.6 Å². The van der Waals surface area contributed by atoms with Crippen LogP contribution in [0.2, 0.25) is 0 Å². The van der Waals surface area contributed by atoms with Crippen LogP contribution in [0.25, 0.3) is 10.8 Å². The van der Waals surface area contributed by atoms with Gasteiger partial charge in [-0.15, -0.1) is 0 Å². The number of benzene rings is 2. The molecule has 2 N–H and O–H groups in total. The molecule has 0 saturated carbocycles. The predicted molar refractivity (Wildman–Crippen MR) is 72.9 cm³/mol. The molecule has 1 heterocycles. The van der Waals surface area contributed by atoms with Gasteiger partial charge in [-0.05, 0) is 23.8 Å². The average molecular weight is 225 g/mol. The van der Waals surface area contributed by atoms with Crippen LogP contribution in [0.4, 0.5) is 5.69 Å². The molecule has 3 rings (SSSR count). The molecule has 1 aliphatic heterocycles. The Hall–Kier alpha value is -1.54. The Labute approximate surface area is 102 Å². The van der Waals surface area contributed by atoms with Crippen LogP contribution in [0.3, 0.4) is 0 Å². The maximum Gasteiger partial charge on any atom is 0.0800 e. The fourth-order valence-corrected chi connectivity index (χ4v) is 2.67. The lowest BCUT2D eigenvalue weighted by Gasteiger charge is -2.27. The van der Waals surface area contributed by atoms with Crippen molar-refractivity contribution in [3.63, 3.8) is 0 Å². The van der Waals surface area contributed by atoms with E-state index >= 15 is 0 Å². The number of rotatable bonds is 2.